The van der Waals surface area contributed by atoms with Crippen molar-refractivity contribution < 1.29 is 4.79 Å². The van der Waals surface area contributed by atoms with Crippen LogP contribution in [0.15, 0.2) is 24.3 Å². The minimum absolute atomic E-state index is 0.262. The fraction of sp³-hybridized carbons (Fsp3) is 0.417. The fourth-order valence-corrected chi connectivity index (χ4v) is 1.53. The van der Waals surface area contributed by atoms with Gasteiger partial charge in [-0.1, -0.05) is 38.1 Å². The average Bonchev–Trinajstić information content (AvgIpc) is 2.28. The first-order valence-electron chi connectivity index (χ1n) is 4.94. The Morgan fingerprint density at radius 2 is 1.71 bits per heavy atom. The second kappa shape index (κ2) is 4.38. The molecule has 0 atom stereocenters. The van der Waals surface area contributed by atoms with Gasteiger partial charge in [-0.05, 0) is 18.4 Å². The van der Waals surface area contributed by atoms with Gasteiger partial charge in [0.1, 0.15) is 0 Å². The van der Waals surface area contributed by atoms with Crippen molar-refractivity contribution >= 4 is 6.29 Å². The molecule has 75 valence electrons. The highest BCUT2D eigenvalue weighted by Gasteiger charge is 2.22. The predicted octanol–water partition coefficient (Wildman–Crippen LogP) is 2.12. The normalized spacial score (nSPS) is 11.4. The van der Waals surface area contributed by atoms with E-state index in [2.05, 4.69) is 13.8 Å². The van der Waals surface area contributed by atoms with Gasteiger partial charge in [0.2, 0.25) is 6.29 Å². The summed E-state index contributed by atoms with van der Waals surface area (Å²) in [5.41, 5.74) is 7.61. The van der Waals surface area contributed by atoms with Crippen molar-refractivity contribution in [1.82, 2.24) is 0 Å². The Labute approximate surface area is 85.1 Å². The lowest BCUT2D eigenvalue weighted by atomic mass is 9.85. The van der Waals surface area contributed by atoms with Crippen LogP contribution in [0.1, 0.15) is 37.8 Å². The van der Waals surface area contributed by atoms with Gasteiger partial charge in [-0.15, -0.1) is 0 Å². The summed E-state index contributed by atoms with van der Waals surface area (Å²) in [5, 5.41) is 0. The van der Waals surface area contributed by atoms with Gasteiger partial charge < -0.3 is 5.73 Å². The first-order valence-corrected chi connectivity index (χ1v) is 4.94. The maximum atomic E-state index is 10.4. The third kappa shape index (κ3) is 2.02. The number of benzene rings is 1. The van der Waals surface area contributed by atoms with Crippen molar-refractivity contribution in [1.29, 1.82) is 0 Å². The number of carbonyl (C=O) groups excluding carboxylic acids is 1. The first kappa shape index (κ1) is 10.9. The standard InChI is InChI=1S/C12H16NO/c1-3-12(13,4-2)11-7-5-10(9-14)6-8-11/h5-8H,3-4,13H2,1-2H3. The van der Waals surface area contributed by atoms with E-state index in [0.29, 0.717) is 5.56 Å². The molecule has 1 rings (SSSR count). The predicted molar refractivity (Wildman–Crippen MR) is 57.7 cm³/mol. The molecule has 0 saturated carbocycles. The van der Waals surface area contributed by atoms with Crippen LogP contribution in [0.3, 0.4) is 0 Å². The van der Waals surface area contributed by atoms with Gasteiger partial charge in [0, 0.05) is 11.1 Å². The summed E-state index contributed by atoms with van der Waals surface area (Å²) in [4.78, 5) is 10.4. The maximum absolute atomic E-state index is 10.4. The Balaban J connectivity index is 3.00. The van der Waals surface area contributed by atoms with E-state index >= 15 is 0 Å². The SMILES string of the molecule is CCC(N)(CC)c1ccc([C]=O)cc1. The topological polar surface area (TPSA) is 43.1 Å². The molecule has 0 saturated heterocycles. The molecule has 14 heavy (non-hydrogen) atoms. The third-order valence-corrected chi connectivity index (χ3v) is 2.84. The van der Waals surface area contributed by atoms with E-state index in [1.807, 2.05) is 18.4 Å². The number of hydrogen-bond donors (Lipinski definition) is 1. The van der Waals surface area contributed by atoms with Crippen molar-refractivity contribution in [3.8, 4) is 0 Å². The van der Waals surface area contributed by atoms with Crippen LogP contribution < -0.4 is 5.73 Å². The van der Waals surface area contributed by atoms with Crippen molar-refractivity contribution in [3.05, 3.63) is 35.4 Å². The highest BCUT2D eigenvalue weighted by Crippen LogP contribution is 2.25. The van der Waals surface area contributed by atoms with E-state index in [0.717, 1.165) is 18.4 Å². The lowest BCUT2D eigenvalue weighted by Crippen LogP contribution is -2.34. The molecule has 0 aromatic heterocycles. The summed E-state index contributed by atoms with van der Waals surface area (Å²) in [6.45, 7) is 4.15. The quantitative estimate of drug-likeness (QED) is 0.790. The van der Waals surface area contributed by atoms with Crippen LogP contribution in [-0.2, 0) is 10.3 Å². The molecule has 2 heteroatoms. The highest BCUT2D eigenvalue weighted by molar-refractivity contribution is 5.75. The summed E-state index contributed by atoms with van der Waals surface area (Å²) in [5.74, 6) is 0. The molecule has 2 nitrogen and oxygen atoms in total. The van der Waals surface area contributed by atoms with Gasteiger partial charge in [0.15, 0.2) is 0 Å². The largest absolute Gasteiger partial charge is 0.321 e. The molecule has 0 amide bonds. The Hall–Kier alpha value is -1.15. The van der Waals surface area contributed by atoms with Crippen molar-refractivity contribution in [2.45, 2.75) is 32.2 Å². The van der Waals surface area contributed by atoms with Crippen LogP contribution in [-0.4, -0.2) is 6.29 Å². The Bertz CT molecular complexity index is 299. The van der Waals surface area contributed by atoms with E-state index in [4.69, 9.17) is 5.73 Å². The number of rotatable bonds is 4. The molecular weight excluding hydrogens is 174 g/mol. The minimum Gasteiger partial charge on any atom is -0.321 e. The zero-order valence-electron chi connectivity index (χ0n) is 8.71. The highest BCUT2D eigenvalue weighted by atomic mass is 16.1. The zero-order valence-corrected chi connectivity index (χ0v) is 8.71. The van der Waals surface area contributed by atoms with Gasteiger partial charge in [0.25, 0.3) is 0 Å². The molecule has 0 fully saturated rings. The lowest BCUT2D eigenvalue weighted by Gasteiger charge is -2.27. The van der Waals surface area contributed by atoms with Crippen molar-refractivity contribution in [2.75, 3.05) is 0 Å². The summed E-state index contributed by atoms with van der Waals surface area (Å²) in [6, 6.07) is 7.34. The fourth-order valence-electron chi connectivity index (χ4n) is 1.53. The Morgan fingerprint density at radius 3 is 2.07 bits per heavy atom. The maximum Gasteiger partial charge on any atom is 0.233 e. The van der Waals surface area contributed by atoms with E-state index in [1.165, 1.54) is 0 Å². The van der Waals surface area contributed by atoms with Crippen LogP contribution in [0.5, 0.6) is 0 Å². The summed E-state index contributed by atoms with van der Waals surface area (Å²) >= 11 is 0. The molecule has 1 aromatic carbocycles. The monoisotopic (exact) mass is 190 g/mol. The summed E-state index contributed by atoms with van der Waals surface area (Å²) in [7, 11) is 0. The zero-order chi connectivity index (χ0) is 10.6. The second-order valence-electron chi connectivity index (χ2n) is 3.54. The molecule has 0 spiro atoms. The van der Waals surface area contributed by atoms with Crippen molar-refractivity contribution in [2.24, 2.45) is 5.73 Å². The molecule has 0 bridgehead atoms. The van der Waals surface area contributed by atoms with E-state index in [9.17, 15) is 4.79 Å². The van der Waals surface area contributed by atoms with Gasteiger partial charge in [-0.2, -0.15) is 0 Å². The summed E-state index contributed by atoms with van der Waals surface area (Å²) < 4.78 is 0. The van der Waals surface area contributed by atoms with Gasteiger partial charge in [0.05, 0.1) is 0 Å². The van der Waals surface area contributed by atoms with Gasteiger partial charge >= 0.3 is 0 Å². The minimum atomic E-state index is -0.262. The van der Waals surface area contributed by atoms with Crippen LogP contribution in [0.4, 0.5) is 0 Å². The van der Waals surface area contributed by atoms with Crippen LogP contribution in [0.2, 0.25) is 0 Å². The molecule has 1 aromatic rings. The summed E-state index contributed by atoms with van der Waals surface area (Å²) in [6.07, 6.45) is 3.64. The molecule has 1 radical (unpaired) electrons. The van der Waals surface area contributed by atoms with Crippen LogP contribution in [0.25, 0.3) is 0 Å². The molecule has 0 unspecified atom stereocenters. The molecule has 0 aliphatic rings. The van der Waals surface area contributed by atoms with Gasteiger partial charge in [-0.3, -0.25) is 4.79 Å². The smallest absolute Gasteiger partial charge is 0.233 e. The Morgan fingerprint density at radius 1 is 1.21 bits per heavy atom. The Kier molecular flexibility index (Phi) is 3.42. The lowest BCUT2D eigenvalue weighted by molar-refractivity contribution is 0.413. The molecule has 0 aliphatic heterocycles. The molecular formula is C12H16NO. The average molecular weight is 190 g/mol. The third-order valence-electron chi connectivity index (χ3n) is 2.84. The van der Waals surface area contributed by atoms with Crippen LogP contribution >= 0.6 is 0 Å². The number of hydrogen-bond acceptors (Lipinski definition) is 2. The van der Waals surface area contributed by atoms with E-state index in [-0.39, 0.29) is 5.54 Å². The molecule has 0 aliphatic carbocycles. The van der Waals surface area contributed by atoms with E-state index in [1.54, 1.807) is 12.1 Å². The molecule has 2 N–H and O–H groups in total. The van der Waals surface area contributed by atoms with Gasteiger partial charge in [-0.25, -0.2) is 0 Å². The molecule has 0 heterocycles. The van der Waals surface area contributed by atoms with E-state index < -0.39 is 0 Å². The first-order chi connectivity index (χ1) is 6.66. The number of nitrogens with two attached hydrogens (primary N) is 1. The van der Waals surface area contributed by atoms with Crippen LogP contribution in [0, 0.1) is 0 Å². The second-order valence-corrected chi connectivity index (χ2v) is 3.54. The van der Waals surface area contributed by atoms with Crippen molar-refractivity contribution in [3.63, 3.8) is 0 Å².